The number of amides is 1. The average molecular weight is 565 g/mol. The molecule has 0 unspecified atom stereocenters. The van der Waals surface area contributed by atoms with Crippen molar-refractivity contribution in [3.8, 4) is 11.5 Å². The summed E-state index contributed by atoms with van der Waals surface area (Å²) in [7, 11) is 0.720. The van der Waals surface area contributed by atoms with Gasteiger partial charge in [0.25, 0.3) is 0 Å². The number of carbonyl (C=O) groups is 1. The van der Waals surface area contributed by atoms with E-state index >= 15 is 0 Å². The zero-order valence-corrected chi connectivity index (χ0v) is 23.3. The highest BCUT2D eigenvalue weighted by molar-refractivity contribution is 7.89. The van der Waals surface area contributed by atoms with E-state index in [9.17, 15) is 13.2 Å². The van der Waals surface area contributed by atoms with Crippen molar-refractivity contribution in [3.63, 3.8) is 0 Å². The second kappa shape index (κ2) is 14.2. The van der Waals surface area contributed by atoms with Crippen LogP contribution in [0.1, 0.15) is 17.7 Å². The van der Waals surface area contributed by atoms with Crippen LogP contribution in [0.15, 0.2) is 70.2 Å². The van der Waals surface area contributed by atoms with Gasteiger partial charge in [-0.05, 0) is 66.9 Å². The van der Waals surface area contributed by atoms with Crippen LogP contribution in [0.25, 0.3) is 0 Å². The lowest BCUT2D eigenvalue weighted by Crippen LogP contribution is -2.43. The molecule has 0 aliphatic heterocycles. The summed E-state index contributed by atoms with van der Waals surface area (Å²) in [5, 5.41) is 0.422. The predicted molar refractivity (Wildman–Crippen MR) is 144 cm³/mol. The van der Waals surface area contributed by atoms with Gasteiger partial charge in [-0.25, -0.2) is 8.42 Å². The number of methoxy groups -OCH3 is 3. The van der Waals surface area contributed by atoms with Gasteiger partial charge in [-0.2, -0.15) is 4.31 Å². The van der Waals surface area contributed by atoms with Crippen LogP contribution in [0.5, 0.6) is 11.5 Å². The molecule has 0 fully saturated rings. The molecule has 38 heavy (non-hydrogen) atoms. The van der Waals surface area contributed by atoms with Gasteiger partial charge in [-0.15, -0.1) is 0 Å². The zero-order valence-electron chi connectivity index (χ0n) is 21.8. The van der Waals surface area contributed by atoms with Gasteiger partial charge in [-0.1, -0.05) is 17.7 Å². The Morgan fingerprint density at radius 3 is 2.34 bits per heavy atom. The molecule has 0 saturated heterocycles. The SMILES string of the molecule is COCCCN(CC(=O)N(CCc1ccc(OC)c(OC)c1)Cc1ccco1)S(=O)(=O)c1ccc(Cl)cc1. The molecule has 9 nitrogen and oxygen atoms in total. The second-order valence-electron chi connectivity index (χ2n) is 8.47. The summed E-state index contributed by atoms with van der Waals surface area (Å²) in [5.41, 5.74) is 0.936. The smallest absolute Gasteiger partial charge is 0.243 e. The van der Waals surface area contributed by atoms with Crippen molar-refractivity contribution in [3.05, 3.63) is 77.2 Å². The Morgan fingerprint density at radius 1 is 0.974 bits per heavy atom. The van der Waals surface area contributed by atoms with E-state index < -0.39 is 10.0 Å². The van der Waals surface area contributed by atoms with Gasteiger partial charge in [0, 0.05) is 31.8 Å². The summed E-state index contributed by atoms with van der Waals surface area (Å²) < 4.78 is 49.4. The first-order valence-electron chi connectivity index (χ1n) is 12.0. The largest absolute Gasteiger partial charge is 0.493 e. The molecule has 2 aromatic carbocycles. The molecule has 3 rings (SSSR count). The third-order valence-corrected chi connectivity index (χ3v) is 8.03. The van der Waals surface area contributed by atoms with Crippen molar-refractivity contribution in [1.29, 1.82) is 0 Å². The Labute approximate surface area is 228 Å². The summed E-state index contributed by atoms with van der Waals surface area (Å²) in [6, 6.07) is 15.0. The van der Waals surface area contributed by atoms with E-state index in [0.29, 0.717) is 48.3 Å². The quantitative estimate of drug-likeness (QED) is 0.254. The minimum atomic E-state index is -3.95. The number of benzene rings is 2. The van der Waals surface area contributed by atoms with Crippen LogP contribution in [-0.2, 0) is 32.5 Å². The van der Waals surface area contributed by atoms with E-state index in [4.69, 9.17) is 30.2 Å². The van der Waals surface area contributed by atoms with Gasteiger partial charge in [0.2, 0.25) is 15.9 Å². The fourth-order valence-electron chi connectivity index (χ4n) is 3.86. The standard InChI is InChI=1S/C27H33ClN2O7S/c1-34-16-5-14-30(38(32,33)24-10-8-22(28)9-11-24)20-27(31)29(19-23-6-4-17-37-23)15-13-21-7-12-25(35-2)26(18-21)36-3/h4,6-12,17-18H,5,13-16,19-20H2,1-3H3. The molecular weight excluding hydrogens is 532 g/mol. The Hall–Kier alpha value is -3.05. The molecule has 0 spiro atoms. The lowest BCUT2D eigenvalue weighted by molar-refractivity contribution is -0.132. The molecule has 1 aromatic heterocycles. The number of hydrogen-bond donors (Lipinski definition) is 0. The van der Waals surface area contributed by atoms with Crippen molar-refractivity contribution in [1.82, 2.24) is 9.21 Å². The maximum Gasteiger partial charge on any atom is 0.243 e. The van der Waals surface area contributed by atoms with E-state index in [2.05, 4.69) is 0 Å². The van der Waals surface area contributed by atoms with Gasteiger partial charge in [0.15, 0.2) is 11.5 Å². The van der Waals surface area contributed by atoms with E-state index in [-0.39, 0.29) is 30.4 Å². The van der Waals surface area contributed by atoms with Crippen LogP contribution in [0.2, 0.25) is 5.02 Å². The Balaban J connectivity index is 1.82. The molecular formula is C27H33ClN2O7S. The number of halogens is 1. The maximum atomic E-state index is 13.6. The lowest BCUT2D eigenvalue weighted by Gasteiger charge is -2.27. The van der Waals surface area contributed by atoms with Gasteiger partial charge in [0.05, 0.1) is 38.5 Å². The zero-order chi connectivity index (χ0) is 27.5. The van der Waals surface area contributed by atoms with E-state index in [0.717, 1.165) is 5.56 Å². The van der Waals surface area contributed by atoms with Crippen LogP contribution in [-0.4, -0.2) is 71.1 Å². The van der Waals surface area contributed by atoms with E-state index in [1.807, 2.05) is 18.2 Å². The highest BCUT2D eigenvalue weighted by Crippen LogP contribution is 2.28. The van der Waals surface area contributed by atoms with Crippen molar-refractivity contribution >= 4 is 27.5 Å². The molecule has 1 heterocycles. The normalized spacial score (nSPS) is 11.5. The number of sulfonamides is 1. The number of nitrogens with zero attached hydrogens (tertiary/aromatic N) is 2. The van der Waals surface area contributed by atoms with Gasteiger partial charge in [-0.3, -0.25) is 4.79 Å². The molecule has 0 aliphatic rings. The monoisotopic (exact) mass is 564 g/mol. The molecule has 0 radical (unpaired) electrons. The topological polar surface area (TPSA) is 98.5 Å². The van der Waals surface area contributed by atoms with Gasteiger partial charge >= 0.3 is 0 Å². The molecule has 0 N–H and O–H groups in total. The number of rotatable bonds is 15. The molecule has 1 amide bonds. The van der Waals surface area contributed by atoms with Crippen LogP contribution in [0, 0.1) is 0 Å². The van der Waals surface area contributed by atoms with Crippen LogP contribution >= 0.6 is 11.6 Å². The van der Waals surface area contributed by atoms with E-state index in [1.165, 1.54) is 34.8 Å². The van der Waals surface area contributed by atoms with Crippen molar-refractivity contribution in [2.24, 2.45) is 0 Å². The van der Waals surface area contributed by atoms with Crippen LogP contribution < -0.4 is 9.47 Å². The number of carbonyl (C=O) groups excluding carboxylic acids is 1. The average Bonchev–Trinajstić information content (AvgIpc) is 3.43. The van der Waals surface area contributed by atoms with Crippen molar-refractivity contribution in [2.75, 3.05) is 47.6 Å². The Kier molecular flexibility index (Phi) is 11.0. The third kappa shape index (κ3) is 7.97. The summed E-state index contributed by atoms with van der Waals surface area (Å²) in [4.78, 5) is 15.2. The predicted octanol–water partition coefficient (Wildman–Crippen LogP) is 4.25. The minimum absolute atomic E-state index is 0.0648. The number of ether oxygens (including phenoxy) is 3. The summed E-state index contributed by atoms with van der Waals surface area (Å²) in [5.74, 6) is 1.44. The summed E-state index contributed by atoms with van der Waals surface area (Å²) in [6.07, 6.45) is 2.48. The Bertz CT molecular complexity index is 1270. The van der Waals surface area contributed by atoms with Crippen molar-refractivity contribution < 1.29 is 31.8 Å². The molecule has 11 heteroatoms. The number of furan rings is 1. The first-order valence-corrected chi connectivity index (χ1v) is 13.9. The summed E-state index contributed by atoms with van der Waals surface area (Å²) >= 11 is 5.95. The lowest BCUT2D eigenvalue weighted by atomic mass is 10.1. The second-order valence-corrected chi connectivity index (χ2v) is 10.8. The highest BCUT2D eigenvalue weighted by Gasteiger charge is 2.28. The maximum absolute atomic E-state index is 13.6. The molecule has 3 aromatic rings. The fraction of sp³-hybridized carbons (Fsp3) is 0.370. The highest BCUT2D eigenvalue weighted by atomic mass is 35.5. The van der Waals surface area contributed by atoms with E-state index in [1.54, 1.807) is 38.4 Å². The summed E-state index contributed by atoms with van der Waals surface area (Å²) in [6.45, 7) is 0.681. The molecule has 0 aliphatic carbocycles. The molecule has 206 valence electrons. The molecule has 0 bridgehead atoms. The molecule has 0 atom stereocenters. The minimum Gasteiger partial charge on any atom is -0.493 e. The van der Waals surface area contributed by atoms with Crippen LogP contribution in [0.3, 0.4) is 0 Å². The molecule has 0 saturated carbocycles. The van der Waals surface area contributed by atoms with Crippen molar-refractivity contribution in [2.45, 2.75) is 24.3 Å². The van der Waals surface area contributed by atoms with Gasteiger partial charge < -0.3 is 23.5 Å². The Morgan fingerprint density at radius 2 is 1.71 bits per heavy atom. The van der Waals surface area contributed by atoms with Crippen LogP contribution in [0.4, 0.5) is 0 Å². The third-order valence-electron chi connectivity index (χ3n) is 5.92. The van der Waals surface area contributed by atoms with Gasteiger partial charge in [0.1, 0.15) is 5.76 Å². The fourth-order valence-corrected chi connectivity index (χ4v) is 5.41. The first kappa shape index (κ1) is 29.5. The first-order chi connectivity index (χ1) is 18.3. The number of hydrogen-bond acceptors (Lipinski definition) is 7.